The van der Waals surface area contributed by atoms with Crippen LogP contribution in [0.25, 0.3) is 16.6 Å². The van der Waals surface area contributed by atoms with E-state index in [1.54, 1.807) is 23.6 Å². The van der Waals surface area contributed by atoms with Gasteiger partial charge in [-0.1, -0.05) is 18.2 Å². The summed E-state index contributed by atoms with van der Waals surface area (Å²) in [5.74, 6) is -0.724. The Balaban J connectivity index is 2.30. The molecule has 3 rings (SSSR count). The van der Waals surface area contributed by atoms with Crippen molar-refractivity contribution in [3.63, 3.8) is 0 Å². The van der Waals surface area contributed by atoms with Crippen LogP contribution in [0.2, 0.25) is 0 Å². The maximum absolute atomic E-state index is 12.0. The number of nitrogens with one attached hydrogen (secondary N) is 1. The average Bonchev–Trinajstić information content (AvgIpc) is 2.89. The van der Waals surface area contributed by atoms with Gasteiger partial charge in [-0.15, -0.1) is 0 Å². The zero-order valence-electron chi connectivity index (χ0n) is 10.7. The molecule has 1 aliphatic rings. The Morgan fingerprint density at radius 2 is 1.79 bits per heavy atom. The first kappa shape index (κ1) is 11.5. The molecule has 2 aromatic rings. The third-order valence-corrected chi connectivity index (χ3v) is 3.17. The van der Waals surface area contributed by atoms with Crippen LogP contribution in [0.5, 0.6) is 0 Å². The Kier molecular flexibility index (Phi) is 2.41. The van der Waals surface area contributed by atoms with Gasteiger partial charge in [0.15, 0.2) is 0 Å². The summed E-state index contributed by atoms with van der Waals surface area (Å²) in [5, 5.41) is 3.36. The molecule has 2 heterocycles. The largest absolute Gasteiger partial charge is 0.371 e. The lowest BCUT2D eigenvalue weighted by Crippen LogP contribution is -2.26. The van der Waals surface area contributed by atoms with Crippen LogP contribution in [0.15, 0.2) is 42.2 Å². The summed E-state index contributed by atoms with van der Waals surface area (Å²) < 4.78 is 1.75. The van der Waals surface area contributed by atoms with Crippen LogP contribution in [0, 0.1) is 0 Å². The van der Waals surface area contributed by atoms with Gasteiger partial charge in [0.2, 0.25) is 0 Å². The second-order valence-electron chi connectivity index (χ2n) is 4.62. The lowest BCUT2D eigenvalue weighted by molar-refractivity contribution is -0.124. The second-order valence-corrected chi connectivity index (χ2v) is 4.62. The van der Waals surface area contributed by atoms with Gasteiger partial charge in [0.05, 0.1) is 5.52 Å². The van der Waals surface area contributed by atoms with Gasteiger partial charge in [0.1, 0.15) is 11.4 Å². The minimum Gasteiger partial charge on any atom is -0.371 e. The molecule has 5 heteroatoms. The third-order valence-electron chi connectivity index (χ3n) is 3.17. The molecule has 1 N–H and O–H groups in total. The zero-order valence-corrected chi connectivity index (χ0v) is 10.7. The number of hydrogen-bond acceptors (Lipinski definition) is 3. The van der Waals surface area contributed by atoms with Gasteiger partial charge in [0.25, 0.3) is 11.8 Å². The summed E-state index contributed by atoms with van der Waals surface area (Å²) in [6.45, 7) is 0. The number of fused-ring (bicyclic) bond motifs is 1. The van der Waals surface area contributed by atoms with Crippen LogP contribution >= 0.6 is 0 Å². The Morgan fingerprint density at radius 1 is 1.05 bits per heavy atom. The molecule has 0 radical (unpaired) electrons. The van der Waals surface area contributed by atoms with Gasteiger partial charge in [0, 0.05) is 20.3 Å². The summed E-state index contributed by atoms with van der Waals surface area (Å²) in [7, 11) is 3.50. The molecule has 1 aromatic heterocycles. The van der Waals surface area contributed by atoms with Gasteiger partial charge < -0.3 is 9.47 Å². The first-order valence-corrected chi connectivity index (χ1v) is 5.93. The fourth-order valence-corrected chi connectivity index (χ4v) is 2.35. The highest BCUT2D eigenvalue weighted by Crippen LogP contribution is 2.25. The zero-order chi connectivity index (χ0) is 13.6. The highest BCUT2D eigenvalue weighted by molar-refractivity contribution is 6.32. The third kappa shape index (κ3) is 1.62. The van der Waals surface area contributed by atoms with Crippen molar-refractivity contribution in [1.82, 2.24) is 14.8 Å². The van der Waals surface area contributed by atoms with E-state index in [1.165, 1.54) is 0 Å². The van der Waals surface area contributed by atoms with Crippen LogP contribution in [0.3, 0.4) is 0 Å². The number of nitrogens with zero attached hydrogens (tertiary/aromatic N) is 2. The number of hydrogen-bond donors (Lipinski definition) is 1. The Hall–Kier alpha value is -2.56. The molecular formula is C14H13N3O2. The van der Waals surface area contributed by atoms with Gasteiger partial charge >= 0.3 is 0 Å². The van der Waals surface area contributed by atoms with E-state index in [4.69, 9.17) is 0 Å². The van der Waals surface area contributed by atoms with Gasteiger partial charge in [-0.05, 0) is 17.5 Å². The molecule has 96 valence electrons. The van der Waals surface area contributed by atoms with Gasteiger partial charge in [-0.3, -0.25) is 14.9 Å². The topological polar surface area (TPSA) is 54.3 Å². The highest BCUT2D eigenvalue weighted by Gasteiger charge is 2.33. The number of amides is 2. The number of rotatable bonds is 2. The predicted molar refractivity (Wildman–Crippen MR) is 72.0 cm³/mol. The van der Waals surface area contributed by atoms with Gasteiger partial charge in [-0.2, -0.15) is 0 Å². The molecule has 0 unspecified atom stereocenters. The summed E-state index contributed by atoms with van der Waals surface area (Å²) in [6.07, 6.45) is 1.81. The van der Waals surface area contributed by atoms with Crippen molar-refractivity contribution in [1.29, 1.82) is 0 Å². The molecule has 0 aliphatic carbocycles. The quantitative estimate of drug-likeness (QED) is 0.815. The van der Waals surface area contributed by atoms with Crippen molar-refractivity contribution >= 4 is 28.4 Å². The molecule has 2 amide bonds. The van der Waals surface area contributed by atoms with E-state index in [-0.39, 0.29) is 11.8 Å². The van der Waals surface area contributed by atoms with Crippen LogP contribution in [0.4, 0.5) is 0 Å². The molecule has 0 saturated heterocycles. The normalized spacial score (nSPS) is 15.3. The molecule has 0 bridgehead atoms. The van der Waals surface area contributed by atoms with Crippen LogP contribution in [-0.2, 0) is 9.59 Å². The smallest absolute Gasteiger partial charge is 0.277 e. The summed E-state index contributed by atoms with van der Waals surface area (Å²) >= 11 is 0. The van der Waals surface area contributed by atoms with E-state index < -0.39 is 0 Å². The lowest BCUT2D eigenvalue weighted by Gasteiger charge is -2.14. The second kappa shape index (κ2) is 3.98. The number of carbonyl (C=O) groups excluding carboxylic acids is 2. The highest BCUT2D eigenvalue weighted by atomic mass is 16.2. The molecule has 0 atom stereocenters. The number of para-hydroxylation sites is 1. The van der Waals surface area contributed by atoms with E-state index >= 15 is 0 Å². The van der Waals surface area contributed by atoms with E-state index in [0.29, 0.717) is 11.4 Å². The van der Waals surface area contributed by atoms with Crippen molar-refractivity contribution in [2.75, 3.05) is 14.1 Å². The molecule has 0 saturated carbocycles. The molecule has 1 aromatic carbocycles. The molecule has 1 aliphatic heterocycles. The molecule has 19 heavy (non-hydrogen) atoms. The molecule has 0 fully saturated rings. The Labute approximate surface area is 110 Å². The fourth-order valence-electron chi connectivity index (χ4n) is 2.35. The van der Waals surface area contributed by atoms with Crippen molar-refractivity contribution in [3.05, 3.63) is 42.2 Å². The maximum atomic E-state index is 12.0. The van der Waals surface area contributed by atoms with E-state index in [0.717, 1.165) is 10.9 Å². The maximum Gasteiger partial charge on any atom is 0.277 e. The van der Waals surface area contributed by atoms with Gasteiger partial charge in [-0.25, -0.2) is 0 Å². The van der Waals surface area contributed by atoms with Crippen molar-refractivity contribution in [3.8, 4) is 0 Å². The standard InChI is InChI=1S/C14H13N3O2/c1-16(2)11-12(14(19)15-13(11)18)17-8-7-9-5-3-4-6-10(9)17/h3-8H,1-2H3,(H,15,18,19). The molecule has 5 nitrogen and oxygen atoms in total. The Morgan fingerprint density at radius 3 is 2.53 bits per heavy atom. The summed E-state index contributed by atoms with van der Waals surface area (Å²) in [5.41, 5.74) is 1.66. The summed E-state index contributed by atoms with van der Waals surface area (Å²) in [6, 6.07) is 9.66. The van der Waals surface area contributed by atoms with Crippen molar-refractivity contribution in [2.45, 2.75) is 0 Å². The number of likely N-dealkylation sites (N-methyl/N-ethyl adjacent to an activating group) is 1. The van der Waals surface area contributed by atoms with Crippen LogP contribution in [-0.4, -0.2) is 35.4 Å². The SMILES string of the molecule is CN(C)C1=C(n2ccc3ccccc32)C(=O)NC1=O. The summed E-state index contributed by atoms with van der Waals surface area (Å²) in [4.78, 5) is 25.5. The number of imide groups is 1. The average molecular weight is 255 g/mol. The molecular weight excluding hydrogens is 242 g/mol. The number of benzene rings is 1. The predicted octanol–water partition coefficient (Wildman–Crippen LogP) is 1.03. The fraction of sp³-hybridized carbons (Fsp3) is 0.143. The van der Waals surface area contributed by atoms with E-state index in [9.17, 15) is 9.59 Å². The monoisotopic (exact) mass is 255 g/mol. The van der Waals surface area contributed by atoms with Crippen molar-refractivity contribution in [2.24, 2.45) is 0 Å². The van der Waals surface area contributed by atoms with E-state index in [2.05, 4.69) is 5.32 Å². The minimum absolute atomic E-state index is 0.359. The minimum atomic E-state index is -0.366. The Bertz CT molecular complexity index is 725. The van der Waals surface area contributed by atoms with Crippen LogP contribution in [0.1, 0.15) is 0 Å². The first-order valence-electron chi connectivity index (χ1n) is 5.93. The number of aromatic nitrogens is 1. The number of carbonyl (C=O) groups is 2. The van der Waals surface area contributed by atoms with Crippen molar-refractivity contribution < 1.29 is 9.59 Å². The first-order chi connectivity index (χ1) is 9.09. The van der Waals surface area contributed by atoms with E-state index in [1.807, 2.05) is 36.5 Å². The van der Waals surface area contributed by atoms with Crippen LogP contribution < -0.4 is 5.32 Å². The lowest BCUT2D eigenvalue weighted by atomic mass is 10.2. The molecule has 0 spiro atoms.